The maximum absolute atomic E-state index is 13.2. The number of hydrogen-bond acceptors (Lipinski definition) is 4. The highest BCUT2D eigenvalue weighted by atomic mass is 32.2. The Morgan fingerprint density at radius 2 is 1.65 bits per heavy atom. The van der Waals surface area contributed by atoms with Crippen LogP contribution in [0.5, 0.6) is 11.5 Å². The van der Waals surface area contributed by atoms with Crippen LogP contribution in [0, 0.1) is 0 Å². The summed E-state index contributed by atoms with van der Waals surface area (Å²) in [6, 6.07) is 4.15. The molecule has 0 radical (unpaired) electrons. The summed E-state index contributed by atoms with van der Waals surface area (Å²) in [6.45, 7) is -0.187. The fourth-order valence-corrected chi connectivity index (χ4v) is 3.69. The predicted molar refractivity (Wildman–Crippen MR) is 66.0 cm³/mol. The lowest BCUT2D eigenvalue weighted by molar-refractivity contribution is 0.171. The van der Waals surface area contributed by atoms with Crippen LogP contribution in [0.3, 0.4) is 0 Å². The van der Waals surface area contributed by atoms with E-state index in [1.807, 2.05) is 0 Å². The second kappa shape index (κ2) is 4.85. The van der Waals surface area contributed by atoms with Gasteiger partial charge in [-0.2, -0.15) is 4.31 Å². The van der Waals surface area contributed by atoms with Gasteiger partial charge in [-0.15, -0.1) is 0 Å². The summed E-state index contributed by atoms with van der Waals surface area (Å²) < 4.78 is 62.4. The summed E-state index contributed by atoms with van der Waals surface area (Å²) in [5.41, 5.74) is 0. The average Bonchev–Trinajstić information content (AvgIpc) is 2.79. The van der Waals surface area contributed by atoms with Crippen LogP contribution in [0.1, 0.15) is 0 Å². The first kappa shape index (κ1) is 13.6. The number of hydrogen-bond donors (Lipinski definition) is 0. The van der Waals surface area contributed by atoms with Gasteiger partial charge >= 0.3 is 0 Å². The van der Waals surface area contributed by atoms with Crippen molar-refractivity contribution in [2.75, 3.05) is 26.3 Å². The second-order valence-corrected chi connectivity index (χ2v) is 6.60. The number of sulfonamides is 1. The van der Waals surface area contributed by atoms with Gasteiger partial charge in [-0.05, 0) is 12.1 Å². The van der Waals surface area contributed by atoms with Crippen molar-refractivity contribution in [1.82, 2.24) is 4.31 Å². The van der Waals surface area contributed by atoms with Crippen LogP contribution in [0.4, 0.5) is 8.78 Å². The summed E-state index contributed by atoms with van der Waals surface area (Å²) in [5.74, 6) is 0.786. The lowest BCUT2D eigenvalue weighted by Crippen LogP contribution is -2.29. The standard InChI is InChI=1S/C12H13F2NO4S/c13-9-6-15(7-10(9)14)20(16,17)8-1-2-11-12(5-8)19-4-3-18-11/h1-2,5,9-10H,3-4,6-7H2/t9-,10+. The molecule has 1 aromatic rings. The van der Waals surface area contributed by atoms with Crippen molar-refractivity contribution in [3.05, 3.63) is 18.2 Å². The number of fused-ring (bicyclic) bond motifs is 1. The predicted octanol–water partition coefficient (Wildman–Crippen LogP) is 1.14. The van der Waals surface area contributed by atoms with E-state index in [9.17, 15) is 17.2 Å². The lowest BCUT2D eigenvalue weighted by Gasteiger charge is -2.20. The van der Waals surface area contributed by atoms with E-state index < -0.39 is 35.5 Å². The molecule has 0 unspecified atom stereocenters. The summed E-state index contributed by atoms with van der Waals surface area (Å²) in [6.07, 6.45) is -3.55. The van der Waals surface area contributed by atoms with Gasteiger partial charge in [0.2, 0.25) is 10.0 Å². The highest BCUT2D eigenvalue weighted by molar-refractivity contribution is 7.89. The van der Waals surface area contributed by atoms with Gasteiger partial charge in [-0.1, -0.05) is 0 Å². The SMILES string of the molecule is O=S(=O)(c1ccc2c(c1)OCCO2)N1C[C@@H](F)[C@@H](F)C1. The van der Waals surface area contributed by atoms with Gasteiger partial charge in [-0.25, -0.2) is 17.2 Å². The monoisotopic (exact) mass is 305 g/mol. The topological polar surface area (TPSA) is 55.8 Å². The minimum atomic E-state index is -3.92. The van der Waals surface area contributed by atoms with Crippen LogP contribution in [0.2, 0.25) is 0 Å². The number of nitrogens with zero attached hydrogens (tertiary/aromatic N) is 1. The summed E-state index contributed by atoms with van der Waals surface area (Å²) in [7, 11) is -3.92. The second-order valence-electron chi connectivity index (χ2n) is 4.66. The third-order valence-electron chi connectivity index (χ3n) is 3.30. The third-order valence-corrected chi connectivity index (χ3v) is 5.13. The van der Waals surface area contributed by atoms with E-state index in [0.717, 1.165) is 4.31 Å². The van der Waals surface area contributed by atoms with Crippen LogP contribution in [-0.2, 0) is 10.0 Å². The van der Waals surface area contributed by atoms with Gasteiger partial charge in [-0.3, -0.25) is 0 Å². The van der Waals surface area contributed by atoms with Gasteiger partial charge in [0, 0.05) is 19.2 Å². The third kappa shape index (κ3) is 2.22. The zero-order chi connectivity index (χ0) is 14.3. The molecule has 5 nitrogen and oxygen atoms in total. The van der Waals surface area contributed by atoms with Crippen LogP contribution in [-0.4, -0.2) is 51.4 Å². The van der Waals surface area contributed by atoms with Crippen molar-refractivity contribution >= 4 is 10.0 Å². The molecule has 2 atom stereocenters. The molecule has 2 aliphatic rings. The fraction of sp³-hybridized carbons (Fsp3) is 0.500. The highest BCUT2D eigenvalue weighted by Crippen LogP contribution is 2.34. The molecule has 2 aliphatic heterocycles. The first-order chi connectivity index (χ1) is 9.48. The van der Waals surface area contributed by atoms with Crippen LogP contribution >= 0.6 is 0 Å². The molecule has 3 rings (SSSR count). The van der Waals surface area contributed by atoms with Crippen molar-refractivity contribution < 1.29 is 26.7 Å². The molecule has 8 heteroatoms. The molecule has 1 fully saturated rings. The largest absolute Gasteiger partial charge is 0.486 e. The Balaban J connectivity index is 1.92. The molecule has 0 aromatic heterocycles. The molecule has 20 heavy (non-hydrogen) atoms. The molecule has 0 saturated carbocycles. The Labute approximate surface area is 115 Å². The number of alkyl halides is 2. The number of ether oxygens (including phenoxy) is 2. The molecule has 0 aliphatic carbocycles. The van der Waals surface area contributed by atoms with Crippen molar-refractivity contribution in [3.63, 3.8) is 0 Å². The van der Waals surface area contributed by atoms with E-state index in [-0.39, 0.29) is 4.90 Å². The summed E-state index contributed by atoms with van der Waals surface area (Å²) in [4.78, 5) is -0.0527. The van der Waals surface area contributed by atoms with Gasteiger partial charge in [0.25, 0.3) is 0 Å². The van der Waals surface area contributed by atoms with E-state index >= 15 is 0 Å². The van der Waals surface area contributed by atoms with E-state index in [2.05, 4.69) is 0 Å². The molecule has 0 amide bonds. The Kier molecular flexibility index (Phi) is 3.29. The molecule has 1 aromatic carbocycles. The first-order valence-electron chi connectivity index (χ1n) is 6.16. The Morgan fingerprint density at radius 1 is 1.05 bits per heavy atom. The van der Waals surface area contributed by atoms with E-state index in [0.29, 0.717) is 24.7 Å². The number of halogens is 2. The summed E-state index contributed by atoms with van der Waals surface area (Å²) >= 11 is 0. The van der Waals surface area contributed by atoms with Gasteiger partial charge < -0.3 is 9.47 Å². The summed E-state index contributed by atoms with van der Waals surface area (Å²) in [5, 5.41) is 0. The smallest absolute Gasteiger partial charge is 0.243 e. The van der Waals surface area contributed by atoms with Crippen LogP contribution < -0.4 is 9.47 Å². The van der Waals surface area contributed by atoms with Crippen LogP contribution in [0.25, 0.3) is 0 Å². The quantitative estimate of drug-likeness (QED) is 0.822. The zero-order valence-corrected chi connectivity index (χ0v) is 11.3. The Morgan fingerprint density at radius 3 is 2.30 bits per heavy atom. The zero-order valence-electron chi connectivity index (χ0n) is 10.5. The molecule has 0 bridgehead atoms. The van der Waals surface area contributed by atoms with Crippen molar-refractivity contribution in [2.24, 2.45) is 0 Å². The van der Waals surface area contributed by atoms with Crippen LogP contribution in [0.15, 0.2) is 23.1 Å². The lowest BCUT2D eigenvalue weighted by atomic mass is 10.3. The van der Waals surface area contributed by atoms with E-state index in [1.54, 1.807) is 0 Å². The molecule has 2 heterocycles. The Hall–Kier alpha value is -1.41. The van der Waals surface area contributed by atoms with Crippen molar-refractivity contribution in [1.29, 1.82) is 0 Å². The van der Waals surface area contributed by atoms with Gasteiger partial charge in [0.15, 0.2) is 11.5 Å². The van der Waals surface area contributed by atoms with Gasteiger partial charge in [0.05, 0.1) is 4.90 Å². The minimum absolute atomic E-state index is 0.0527. The van der Waals surface area contributed by atoms with E-state index in [4.69, 9.17) is 9.47 Å². The maximum Gasteiger partial charge on any atom is 0.243 e. The molecule has 0 spiro atoms. The fourth-order valence-electron chi connectivity index (χ4n) is 2.22. The number of rotatable bonds is 2. The average molecular weight is 305 g/mol. The molecule has 1 saturated heterocycles. The molecular weight excluding hydrogens is 292 g/mol. The van der Waals surface area contributed by atoms with Crippen molar-refractivity contribution in [3.8, 4) is 11.5 Å². The Bertz CT molecular complexity index is 612. The minimum Gasteiger partial charge on any atom is -0.486 e. The van der Waals surface area contributed by atoms with Crippen molar-refractivity contribution in [2.45, 2.75) is 17.2 Å². The molecule has 110 valence electrons. The number of benzene rings is 1. The molecular formula is C12H13F2NO4S. The molecule has 0 N–H and O–H groups in total. The maximum atomic E-state index is 13.2. The first-order valence-corrected chi connectivity index (χ1v) is 7.60. The highest BCUT2D eigenvalue weighted by Gasteiger charge is 2.40. The van der Waals surface area contributed by atoms with E-state index in [1.165, 1.54) is 18.2 Å². The van der Waals surface area contributed by atoms with Gasteiger partial charge in [0.1, 0.15) is 25.6 Å². The normalized spacial score (nSPS) is 26.7.